The van der Waals surface area contributed by atoms with Crippen molar-refractivity contribution in [1.82, 2.24) is 15.1 Å². The van der Waals surface area contributed by atoms with Crippen molar-refractivity contribution in [2.75, 3.05) is 7.11 Å². The lowest BCUT2D eigenvalue weighted by Gasteiger charge is -2.47. The van der Waals surface area contributed by atoms with Crippen LogP contribution < -0.4 is 10.1 Å². The van der Waals surface area contributed by atoms with Crippen LogP contribution in [0.3, 0.4) is 0 Å². The second-order valence-corrected chi connectivity index (χ2v) is 9.53. The Hall–Kier alpha value is -3.43. The molecule has 1 saturated carbocycles. The molecule has 1 aromatic rings. The first-order valence-corrected chi connectivity index (χ1v) is 10.9. The molecule has 5 amide bonds. The molecular formula is C23H27N3O7. The molecule has 1 saturated heterocycles. The minimum absolute atomic E-state index is 0.0249. The number of hydrogen-bond acceptors (Lipinski definition) is 7. The van der Waals surface area contributed by atoms with Gasteiger partial charge in [-0.05, 0) is 45.4 Å². The van der Waals surface area contributed by atoms with Crippen LogP contribution >= 0.6 is 0 Å². The van der Waals surface area contributed by atoms with Gasteiger partial charge in [-0.3, -0.25) is 29.4 Å². The molecule has 1 atom stereocenters. The lowest BCUT2D eigenvalue weighted by atomic mass is 9.85. The van der Waals surface area contributed by atoms with Crippen molar-refractivity contribution in [3.05, 3.63) is 29.3 Å². The summed E-state index contributed by atoms with van der Waals surface area (Å²) in [7, 11) is 1.36. The Kier molecular flexibility index (Phi) is 5.63. The number of hydrogen-bond donors (Lipinski definition) is 1. The number of methoxy groups -OCH3 is 1. The molecule has 10 nitrogen and oxygen atoms in total. The zero-order valence-corrected chi connectivity index (χ0v) is 19.0. The van der Waals surface area contributed by atoms with Gasteiger partial charge in [-0.15, -0.1) is 0 Å². The zero-order valence-electron chi connectivity index (χ0n) is 19.0. The van der Waals surface area contributed by atoms with Gasteiger partial charge in [0.15, 0.2) is 0 Å². The predicted molar refractivity (Wildman–Crippen MR) is 115 cm³/mol. The first-order chi connectivity index (χ1) is 15.5. The SMILES string of the molecule is COC(=O)N(C1CC(Oc2ccc3c(c2)C(=O)N(C2CCC(=O)NC2=O)C3=O)C1)C(C)(C)C. The Morgan fingerprint density at radius 2 is 1.76 bits per heavy atom. The molecule has 2 fully saturated rings. The number of carbonyl (C=O) groups is 5. The molecule has 0 spiro atoms. The van der Waals surface area contributed by atoms with E-state index in [0.29, 0.717) is 18.6 Å². The van der Waals surface area contributed by atoms with Crippen LogP contribution in [-0.4, -0.2) is 70.4 Å². The van der Waals surface area contributed by atoms with Crippen molar-refractivity contribution >= 4 is 29.7 Å². The maximum atomic E-state index is 12.9. The summed E-state index contributed by atoms with van der Waals surface area (Å²) in [5.74, 6) is -1.76. The lowest BCUT2D eigenvalue weighted by molar-refractivity contribution is -0.136. The van der Waals surface area contributed by atoms with Gasteiger partial charge in [0.25, 0.3) is 11.8 Å². The first kappa shape index (κ1) is 22.8. The van der Waals surface area contributed by atoms with E-state index in [0.717, 1.165) is 4.90 Å². The number of rotatable bonds is 4. The van der Waals surface area contributed by atoms with Gasteiger partial charge in [0.05, 0.1) is 18.2 Å². The summed E-state index contributed by atoms with van der Waals surface area (Å²) in [6, 6.07) is 3.61. The van der Waals surface area contributed by atoms with Gasteiger partial charge < -0.3 is 14.4 Å². The highest BCUT2D eigenvalue weighted by molar-refractivity contribution is 6.23. The number of ether oxygens (including phenoxy) is 2. The highest BCUT2D eigenvalue weighted by atomic mass is 16.5. The fourth-order valence-corrected chi connectivity index (χ4v) is 4.63. The van der Waals surface area contributed by atoms with E-state index in [2.05, 4.69) is 5.32 Å². The van der Waals surface area contributed by atoms with Crippen molar-refractivity contribution < 1.29 is 33.4 Å². The van der Waals surface area contributed by atoms with E-state index < -0.39 is 35.2 Å². The Balaban J connectivity index is 1.44. The molecular weight excluding hydrogens is 430 g/mol. The quantitative estimate of drug-likeness (QED) is 0.685. The van der Waals surface area contributed by atoms with E-state index in [1.807, 2.05) is 20.8 Å². The van der Waals surface area contributed by atoms with E-state index in [1.165, 1.54) is 19.2 Å². The maximum Gasteiger partial charge on any atom is 0.410 e. The molecule has 2 heterocycles. The second-order valence-electron chi connectivity index (χ2n) is 9.53. The molecule has 1 unspecified atom stereocenters. The van der Waals surface area contributed by atoms with Crippen LogP contribution in [0.5, 0.6) is 5.75 Å². The van der Waals surface area contributed by atoms with Crippen molar-refractivity contribution in [1.29, 1.82) is 0 Å². The summed E-state index contributed by atoms with van der Waals surface area (Å²) >= 11 is 0. The van der Waals surface area contributed by atoms with Crippen LogP contribution in [-0.2, 0) is 14.3 Å². The molecule has 1 aromatic carbocycles. The zero-order chi connectivity index (χ0) is 24.1. The average Bonchev–Trinajstić information content (AvgIpc) is 2.95. The number of amides is 5. The van der Waals surface area contributed by atoms with Gasteiger partial charge in [0.1, 0.15) is 17.9 Å². The smallest absolute Gasteiger partial charge is 0.410 e. The number of nitrogens with zero attached hydrogens (tertiary/aromatic N) is 2. The minimum Gasteiger partial charge on any atom is -0.490 e. The summed E-state index contributed by atoms with van der Waals surface area (Å²) in [5.41, 5.74) is -0.0279. The molecule has 0 bridgehead atoms. The molecule has 1 N–H and O–H groups in total. The van der Waals surface area contributed by atoms with Gasteiger partial charge in [0.2, 0.25) is 11.8 Å². The third kappa shape index (κ3) is 4.05. The highest BCUT2D eigenvalue weighted by Gasteiger charge is 2.46. The number of piperidine rings is 1. The Bertz CT molecular complexity index is 1040. The van der Waals surface area contributed by atoms with Crippen molar-refractivity contribution in [2.24, 2.45) is 0 Å². The molecule has 0 radical (unpaired) electrons. The van der Waals surface area contributed by atoms with Crippen molar-refractivity contribution in [3.63, 3.8) is 0 Å². The monoisotopic (exact) mass is 457 g/mol. The van der Waals surface area contributed by atoms with Gasteiger partial charge in [-0.1, -0.05) is 0 Å². The third-order valence-electron chi connectivity index (χ3n) is 6.24. The van der Waals surface area contributed by atoms with Crippen LogP contribution in [0.1, 0.15) is 67.2 Å². The van der Waals surface area contributed by atoms with Crippen LogP contribution in [0.15, 0.2) is 18.2 Å². The summed E-state index contributed by atoms with van der Waals surface area (Å²) in [6.07, 6.45) is 0.852. The second kappa shape index (κ2) is 8.17. The van der Waals surface area contributed by atoms with Gasteiger partial charge in [-0.2, -0.15) is 0 Å². The summed E-state index contributed by atoms with van der Waals surface area (Å²) in [4.78, 5) is 64.1. The van der Waals surface area contributed by atoms with E-state index in [-0.39, 0.29) is 42.2 Å². The Labute approximate surface area is 191 Å². The summed E-state index contributed by atoms with van der Waals surface area (Å²) in [6.45, 7) is 5.82. The van der Waals surface area contributed by atoms with Gasteiger partial charge in [-0.25, -0.2) is 4.79 Å². The van der Waals surface area contributed by atoms with Crippen LogP contribution in [0, 0.1) is 0 Å². The van der Waals surface area contributed by atoms with Gasteiger partial charge in [0, 0.05) is 30.8 Å². The van der Waals surface area contributed by atoms with E-state index in [4.69, 9.17) is 9.47 Å². The maximum absolute atomic E-state index is 12.9. The van der Waals surface area contributed by atoms with Crippen molar-refractivity contribution in [2.45, 2.75) is 70.2 Å². The predicted octanol–water partition coefficient (Wildman–Crippen LogP) is 1.86. The molecule has 4 rings (SSSR count). The fourth-order valence-electron chi connectivity index (χ4n) is 4.63. The van der Waals surface area contributed by atoms with E-state index >= 15 is 0 Å². The average molecular weight is 457 g/mol. The molecule has 0 aromatic heterocycles. The molecule has 2 aliphatic heterocycles. The molecule has 3 aliphatic rings. The molecule has 176 valence electrons. The fraction of sp³-hybridized carbons (Fsp3) is 0.522. The van der Waals surface area contributed by atoms with Crippen LogP contribution in [0.2, 0.25) is 0 Å². The van der Waals surface area contributed by atoms with E-state index in [9.17, 15) is 24.0 Å². The summed E-state index contributed by atoms with van der Waals surface area (Å²) < 4.78 is 10.9. The number of carbonyl (C=O) groups excluding carboxylic acids is 5. The Morgan fingerprint density at radius 3 is 2.36 bits per heavy atom. The van der Waals surface area contributed by atoms with Crippen LogP contribution in [0.4, 0.5) is 4.79 Å². The van der Waals surface area contributed by atoms with Crippen molar-refractivity contribution in [3.8, 4) is 5.75 Å². The van der Waals surface area contributed by atoms with Gasteiger partial charge >= 0.3 is 6.09 Å². The summed E-state index contributed by atoms with van der Waals surface area (Å²) in [5, 5.41) is 2.18. The standard InChI is InChI=1S/C23H27N3O7/c1-23(2,3)26(22(31)32-4)12-9-14(10-12)33-13-5-6-15-16(11-13)21(30)25(20(15)29)17-7-8-18(27)24-19(17)28/h5-6,11-12,14,17H,7-10H2,1-4H3,(H,24,27,28). The number of fused-ring (bicyclic) bond motifs is 1. The number of benzene rings is 1. The topological polar surface area (TPSA) is 122 Å². The number of nitrogens with one attached hydrogen (secondary N) is 1. The van der Waals surface area contributed by atoms with Crippen LogP contribution in [0.25, 0.3) is 0 Å². The first-order valence-electron chi connectivity index (χ1n) is 10.9. The highest BCUT2D eigenvalue weighted by Crippen LogP contribution is 2.36. The van der Waals surface area contributed by atoms with E-state index in [1.54, 1.807) is 11.0 Å². The minimum atomic E-state index is -1.01. The molecule has 33 heavy (non-hydrogen) atoms. The number of imide groups is 2. The molecule has 10 heteroatoms. The normalized spacial score (nSPS) is 24.7. The lowest BCUT2D eigenvalue weighted by Crippen LogP contribution is -2.58. The molecule has 1 aliphatic carbocycles. The third-order valence-corrected chi connectivity index (χ3v) is 6.24. The Morgan fingerprint density at radius 1 is 1.09 bits per heavy atom. The largest absolute Gasteiger partial charge is 0.490 e.